The molecule has 0 amide bonds. The van der Waals surface area contributed by atoms with Gasteiger partial charge in [0.2, 0.25) is 0 Å². The Balaban J connectivity index is 1.75. The molecule has 2 aromatic rings. The summed E-state index contributed by atoms with van der Waals surface area (Å²) in [6, 6.07) is 17.0. The third-order valence-corrected chi connectivity index (χ3v) is 3.74. The van der Waals surface area contributed by atoms with Crippen LogP contribution < -0.4 is 0 Å². The average Bonchev–Trinajstić information content (AvgIpc) is 2.55. The zero-order chi connectivity index (χ0) is 15.8. The van der Waals surface area contributed by atoms with Gasteiger partial charge in [-0.2, -0.15) is 5.26 Å². The lowest BCUT2D eigenvalue weighted by Gasteiger charge is -2.06. The van der Waals surface area contributed by atoms with Crippen molar-refractivity contribution in [3.63, 3.8) is 0 Å². The van der Waals surface area contributed by atoms with Crippen LogP contribution in [0.25, 0.3) is 0 Å². The van der Waals surface area contributed by atoms with Crippen LogP contribution in [0.3, 0.4) is 0 Å². The second-order valence-electron chi connectivity index (χ2n) is 5.33. The van der Waals surface area contributed by atoms with E-state index in [9.17, 15) is 4.79 Å². The molecule has 0 bridgehead atoms. The lowest BCUT2D eigenvalue weighted by Crippen LogP contribution is -2.02. The van der Waals surface area contributed by atoms with Gasteiger partial charge in [-0.3, -0.25) is 0 Å². The second kappa shape index (κ2) is 7.99. The van der Waals surface area contributed by atoms with Crippen LogP contribution in [0.1, 0.15) is 46.3 Å². The molecule has 1 N–H and O–H groups in total. The molecule has 0 saturated carbocycles. The van der Waals surface area contributed by atoms with Crippen molar-refractivity contribution in [3.8, 4) is 6.07 Å². The highest BCUT2D eigenvalue weighted by Crippen LogP contribution is 2.14. The van der Waals surface area contributed by atoms with Crippen LogP contribution >= 0.6 is 0 Å². The van der Waals surface area contributed by atoms with Gasteiger partial charge in [-0.05, 0) is 55.0 Å². The van der Waals surface area contributed by atoms with E-state index in [0.717, 1.165) is 37.7 Å². The summed E-state index contributed by atoms with van der Waals surface area (Å²) in [6.45, 7) is 0. The highest BCUT2D eigenvalue weighted by Gasteiger charge is 2.08. The van der Waals surface area contributed by atoms with E-state index < -0.39 is 5.97 Å². The predicted molar refractivity (Wildman–Crippen MR) is 85.8 cm³/mol. The second-order valence-corrected chi connectivity index (χ2v) is 5.33. The van der Waals surface area contributed by atoms with Crippen molar-refractivity contribution in [2.75, 3.05) is 0 Å². The van der Waals surface area contributed by atoms with Crippen molar-refractivity contribution in [1.82, 2.24) is 0 Å². The first-order chi connectivity index (χ1) is 10.7. The summed E-state index contributed by atoms with van der Waals surface area (Å²) in [6.07, 6.45) is 4.91. The molecule has 0 aliphatic rings. The van der Waals surface area contributed by atoms with Crippen LogP contribution in [-0.2, 0) is 12.8 Å². The van der Waals surface area contributed by atoms with Crippen molar-refractivity contribution < 1.29 is 9.90 Å². The lowest BCUT2D eigenvalue weighted by molar-refractivity contribution is 0.0695. The van der Waals surface area contributed by atoms with Gasteiger partial charge in [0.1, 0.15) is 0 Å². The quantitative estimate of drug-likeness (QED) is 0.778. The van der Waals surface area contributed by atoms with E-state index in [1.54, 1.807) is 12.1 Å². The van der Waals surface area contributed by atoms with Crippen LogP contribution in [-0.4, -0.2) is 11.1 Å². The standard InChI is InChI=1S/C19H19NO2/c20-14-16-12-10-15(11-13-16)6-2-1-3-7-17-8-4-5-9-18(17)19(21)22/h4-5,8-13H,1-3,6-7H2,(H,21,22). The van der Waals surface area contributed by atoms with Gasteiger partial charge in [0.25, 0.3) is 0 Å². The molecule has 0 aromatic heterocycles. The molecule has 0 aliphatic heterocycles. The van der Waals surface area contributed by atoms with Crippen LogP contribution in [0, 0.1) is 11.3 Å². The van der Waals surface area contributed by atoms with Crippen molar-refractivity contribution in [1.29, 1.82) is 5.26 Å². The summed E-state index contributed by atoms with van der Waals surface area (Å²) >= 11 is 0. The fraction of sp³-hybridized carbons (Fsp3) is 0.263. The third kappa shape index (κ3) is 4.46. The summed E-state index contributed by atoms with van der Waals surface area (Å²) in [5.74, 6) is -0.854. The maximum Gasteiger partial charge on any atom is 0.335 e. The molecule has 0 spiro atoms. The Morgan fingerprint density at radius 3 is 2.32 bits per heavy atom. The summed E-state index contributed by atoms with van der Waals surface area (Å²) in [7, 11) is 0. The largest absolute Gasteiger partial charge is 0.478 e. The van der Waals surface area contributed by atoms with Crippen molar-refractivity contribution in [2.45, 2.75) is 32.1 Å². The van der Waals surface area contributed by atoms with E-state index in [4.69, 9.17) is 10.4 Å². The topological polar surface area (TPSA) is 61.1 Å². The smallest absolute Gasteiger partial charge is 0.335 e. The zero-order valence-electron chi connectivity index (χ0n) is 12.5. The van der Waals surface area contributed by atoms with Crippen LogP contribution in [0.2, 0.25) is 0 Å². The molecule has 0 fully saturated rings. The molecule has 2 aromatic carbocycles. The first-order valence-electron chi connectivity index (χ1n) is 7.51. The molecule has 2 rings (SSSR count). The van der Waals surface area contributed by atoms with E-state index in [1.165, 1.54) is 5.56 Å². The fourth-order valence-corrected chi connectivity index (χ4v) is 2.51. The highest BCUT2D eigenvalue weighted by molar-refractivity contribution is 5.89. The van der Waals surface area contributed by atoms with Crippen LogP contribution in [0.4, 0.5) is 0 Å². The van der Waals surface area contributed by atoms with Gasteiger partial charge in [-0.1, -0.05) is 36.8 Å². The maximum atomic E-state index is 11.1. The van der Waals surface area contributed by atoms with E-state index in [1.807, 2.05) is 36.4 Å². The Hall–Kier alpha value is -2.60. The number of carboxylic acid groups (broad SMARTS) is 1. The number of carbonyl (C=O) groups is 1. The predicted octanol–water partition coefficient (Wildman–Crippen LogP) is 4.21. The van der Waals surface area contributed by atoms with Gasteiger partial charge in [0, 0.05) is 0 Å². The maximum absolute atomic E-state index is 11.1. The number of nitriles is 1. The zero-order valence-corrected chi connectivity index (χ0v) is 12.5. The molecular weight excluding hydrogens is 274 g/mol. The van der Waals surface area contributed by atoms with Gasteiger partial charge in [0.15, 0.2) is 0 Å². The van der Waals surface area contributed by atoms with Crippen LogP contribution in [0.5, 0.6) is 0 Å². The normalized spacial score (nSPS) is 10.1. The third-order valence-electron chi connectivity index (χ3n) is 3.74. The highest BCUT2D eigenvalue weighted by atomic mass is 16.4. The minimum absolute atomic E-state index is 0.412. The van der Waals surface area contributed by atoms with Gasteiger partial charge in [-0.15, -0.1) is 0 Å². The van der Waals surface area contributed by atoms with Gasteiger partial charge in [0.05, 0.1) is 17.2 Å². The first-order valence-corrected chi connectivity index (χ1v) is 7.51. The minimum atomic E-state index is -0.854. The average molecular weight is 293 g/mol. The van der Waals surface area contributed by atoms with Crippen molar-refractivity contribution in [3.05, 3.63) is 70.8 Å². The number of aromatic carboxylic acids is 1. The molecular formula is C19H19NO2. The Labute approximate surface area is 130 Å². The summed E-state index contributed by atoms with van der Waals surface area (Å²) in [5, 5.41) is 17.9. The molecule has 3 nitrogen and oxygen atoms in total. The molecule has 0 aliphatic carbocycles. The van der Waals surface area contributed by atoms with Gasteiger partial charge < -0.3 is 5.11 Å². The Kier molecular flexibility index (Phi) is 5.73. The van der Waals surface area contributed by atoms with E-state index in [-0.39, 0.29) is 0 Å². The van der Waals surface area contributed by atoms with Crippen molar-refractivity contribution >= 4 is 5.97 Å². The molecule has 0 saturated heterocycles. The Bertz CT molecular complexity index is 669. The Morgan fingerprint density at radius 1 is 0.955 bits per heavy atom. The van der Waals surface area contributed by atoms with Crippen molar-refractivity contribution in [2.24, 2.45) is 0 Å². The molecule has 22 heavy (non-hydrogen) atoms. The number of rotatable bonds is 7. The van der Waals surface area contributed by atoms with E-state index in [0.29, 0.717) is 11.1 Å². The fourth-order valence-electron chi connectivity index (χ4n) is 2.51. The summed E-state index contributed by atoms with van der Waals surface area (Å²) < 4.78 is 0. The number of hydrogen-bond donors (Lipinski definition) is 1. The Morgan fingerprint density at radius 2 is 1.64 bits per heavy atom. The number of aryl methyl sites for hydroxylation is 2. The molecule has 0 atom stereocenters. The van der Waals surface area contributed by atoms with Crippen LogP contribution in [0.15, 0.2) is 48.5 Å². The first kappa shape index (κ1) is 15.8. The molecule has 112 valence electrons. The summed E-state index contributed by atoms with van der Waals surface area (Å²) in [4.78, 5) is 11.1. The molecule has 3 heteroatoms. The van der Waals surface area contributed by atoms with Gasteiger partial charge in [-0.25, -0.2) is 4.79 Å². The minimum Gasteiger partial charge on any atom is -0.478 e. The SMILES string of the molecule is N#Cc1ccc(CCCCCc2ccccc2C(=O)O)cc1. The number of nitrogens with zero attached hydrogens (tertiary/aromatic N) is 1. The monoisotopic (exact) mass is 293 g/mol. The molecule has 0 radical (unpaired) electrons. The van der Waals surface area contributed by atoms with Gasteiger partial charge >= 0.3 is 5.97 Å². The number of benzene rings is 2. The number of carboxylic acids is 1. The lowest BCUT2D eigenvalue weighted by atomic mass is 10.00. The summed E-state index contributed by atoms with van der Waals surface area (Å²) in [5.41, 5.74) is 3.25. The van der Waals surface area contributed by atoms with E-state index in [2.05, 4.69) is 6.07 Å². The number of hydrogen-bond acceptors (Lipinski definition) is 2. The molecule has 0 heterocycles. The van der Waals surface area contributed by atoms with E-state index >= 15 is 0 Å². The number of unbranched alkanes of at least 4 members (excludes halogenated alkanes) is 2. The molecule has 0 unspecified atom stereocenters.